The number of anilines is 1. The van der Waals surface area contributed by atoms with Gasteiger partial charge in [0.25, 0.3) is 0 Å². The van der Waals surface area contributed by atoms with Crippen LogP contribution in [0.15, 0.2) is 18.2 Å². The quantitative estimate of drug-likeness (QED) is 0.792. The van der Waals surface area contributed by atoms with E-state index in [0.29, 0.717) is 22.3 Å². The molecule has 0 aliphatic rings. The lowest BCUT2D eigenvalue weighted by atomic mass is 10.2. The van der Waals surface area contributed by atoms with Crippen LogP contribution in [0, 0.1) is 5.92 Å². The normalized spacial score (nSPS) is 12.0. The molecule has 17 heavy (non-hydrogen) atoms. The lowest BCUT2D eigenvalue weighted by molar-refractivity contribution is 0.227. The Morgan fingerprint density at radius 3 is 2.47 bits per heavy atom. The Kier molecular flexibility index (Phi) is 5.55. The summed E-state index contributed by atoms with van der Waals surface area (Å²) in [4.78, 5) is 11.5. The topological polar surface area (TPSA) is 61.4 Å². The van der Waals surface area contributed by atoms with Crippen molar-refractivity contribution in [1.29, 1.82) is 0 Å². The molecule has 3 N–H and O–H groups in total. The van der Waals surface area contributed by atoms with Gasteiger partial charge in [0, 0.05) is 28.9 Å². The van der Waals surface area contributed by atoms with Gasteiger partial charge in [0.05, 0.1) is 0 Å². The van der Waals surface area contributed by atoms with Crippen LogP contribution in [0.3, 0.4) is 0 Å². The average molecular weight is 277 g/mol. The highest BCUT2D eigenvalue weighted by Crippen LogP contribution is 2.22. The molecule has 0 aromatic heterocycles. The fraction of sp³-hybridized carbons (Fsp3) is 0.364. The number of amides is 2. The number of halogens is 2. The number of carbonyl (C=O) groups excluding carboxylic acids is 1. The van der Waals surface area contributed by atoms with Crippen LogP contribution < -0.4 is 10.6 Å². The summed E-state index contributed by atoms with van der Waals surface area (Å²) < 4.78 is 0. The van der Waals surface area contributed by atoms with Crippen molar-refractivity contribution in [3.05, 3.63) is 28.2 Å². The van der Waals surface area contributed by atoms with E-state index in [0.717, 1.165) is 0 Å². The van der Waals surface area contributed by atoms with Crippen LogP contribution in [0.1, 0.15) is 6.92 Å². The molecular formula is C11H14Cl2N2O2. The maximum Gasteiger partial charge on any atom is 0.319 e. The maximum atomic E-state index is 11.5. The molecule has 6 heteroatoms. The van der Waals surface area contributed by atoms with Crippen LogP contribution >= 0.6 is 23.2 Å². The van der Waals surface area contributed by atoms with E-state index < -0.39 is 0 Å². The Bertz CT molecular complexity index is 379. The van der Waals surface area contributed by atoms with Gasteiger partial charge in [-0.25, -0.2) is 4.79 Å². The van der Waals surface area contributed by atoms with Crippen LogP contribution in [-0.2, 0) is 0 Å². The second kappa shape index (κ2) is 6.69. The van der Waals surface area contributed by atoms with Crippen LogP contribution in [-0.4, -0.2) is 24.3 Å². The zero-order chi connectivity index (χ0) is 12.8. The van der Waals surface area contributed by atoms with Crippen molar-refractivity contribution in [3.8, 4) is 0 Å². The van der Waals surface area contributed by atoms with Gasteiger partial charge < -0.3 is 15.7 Å². The first kappa shape index (κ1) is 14.1. The minimum Gasteiger partial charge on any atom is -0.396 e. The minimum absolute atomic E-state index is 0.0173. The zero-order valence-electron chi connectivity index (χ0n) is 9.34. The molecule has 0 bridgehead atoms. The third-order valence-electron chi connectivity index (χ3n) is 2.04. The van der Waals surface area contributed by atoms with E-state index in [4.69, 9.17) is 28.3 Å². The summed E-state index contributed by atoms with van der Waals surface area (Å²) >= 11 is 11.6. The van der Waals surface area contributed by atoms with E-state index in [9.17, 15) is 4.79 Å². The SMILES string of the molecule is CC(CO)CNC(=O)Nc1cc(Cl)cc(Cl)c1. The molecule has 1 aromatic carbocycles. The van der Waals surface area contributed by atoms with Gasteiger partial charge >= 0.3 is 6.03 Å². The van der Waals surface area contributed by atoms with Gasteiger partial charge in [0.2, 0.25) is 0 Å². The molecule has 1 unspecified atom stereocenters. The lowest BCUT2D eigenvalue weighted by Crippen LogP contribution is -2.33. The molecule has 4 nitrogen and oxygen atoms in total. The van der Waals surface area contributed by atoms with Crippen LogP contribution in [0.2, 0.25) is 10.0 Å². The highest BCUT2D eigenvalue weighted by Gasteiger charge is 2.05. The van der Waals surface area contributed by atoms with Crippen molar-refractivity contribution >= 4 is 34.9 Å². The third kappa shape index (κ3) is 5.26. The average Bonchev–Trinajstić information content (AvgIpc) is 2.24. The molecule has 0 radical (unpaired) electrons. The highest BCUT2D eigenvalue weighted by atomic mass is 35.5. The Morgan fingerprint density at radius 2 is 1.94 bits per heavy atom. The van der Waals surface area contributed by atoms with Crippen LogP contribution in [0.4, 0.5) is 10.5 Å². The van der Waals surface area contributed by atoms with Crippen molar-refractivity contribution in [1.82, 2.24) is 5.32 Å². The number of benzene rings is 1. The number of aliphatic hydroxyl groups is 1. The lowest BCUT2D eigenvalue weighted by Gasteiger charge is -2.11. The molecule has 1 atom stereocenters. The second-order valence-electron chi connectivity index (χ2n) is 3.78. The highest BCUT2D eigenvalue weighted by molar-refractivity contribution is 6.35. The van der Waals surface area contributed by atoms with Crippen molar-refractivity contribution in [2.24, 2.45) is 5.92 Å². The standard InChI is InChI=1S/C11H14Cl2N2O2/c1-7(6-16)5-14-11(17)15-10-3-8(12)2-9(13)4-10/h2-4,7,16H,5-6H2,1H3,(H2,14,15,17). The van der Waals surface area contributed by atoms with E-state index in [-0.39, 0.29) is 18.6 Å². The number of carbonyl (C=O) groups is 1. The van der Waals surface area contributed by atoms with E-state index >= 15 is 0 Å². The number of aliphatic hydroxyl groups excluding tert-OH is 1. The largest absolute Gasteiger partial charge is 0.396 e. The number of nitrogens with one attached hydrogen (secondary N) is 2. The molecule has 0 fully saturated rings. The smallest absolute Gasteiger partial charge is 0.319 e. The minimum atomic E-state index is -0.358. The summed E-state index contributed by atoms with van der Waals surface area (Å²) in [7, 11) is 0. The summed E-state index contributed by atoms with van der Waals surface area (Å²) in [6, 6.07) is 4.42. The number of rotatable bonds is 4. The summed E-state index contributed by atoms with van der Waals surface area (Å²) in [5, 5.41) is 14.9. The Labute approximate surface area is 110 Å². The van der Waals surface area contributed by atoms with Crippen molar-refractivity contribution in [3.63, 3.8) is 0 Å². The Balaban J connectivity index is 2.50. The van der Waals surface area contributed by atoms with E-state index in [1.807, 2.05) is 6.92 Å². The summed E-state index contributed by atoms with van der Waals surface area (Å²) in [5.41, 5.74) is 0.525. The molecular weight excluding hydrogens is 263 g/mol. The molecule has 0 aliphatic carbocycles. The molecule has 0 spiro atoms. The van der Waals surface area contributed by atoms with Crippen molar-refractivity contribution in [2.75, 3.05) is 18.5 Å². The molecule has 1 rings (SSSR count). The molecule has 2 amide bonds. The van der Waals surface area contributed by atoms with Crippen LogP contribution in [0.5, 0.6) is 0 Å². The number of hydrogen-bond acceptors (Lipinski definition) is 2. The van der Waals surface area contributed by atoms with E-state index in [1.165, 1.54) is 0 Å². The summed E-state index contributed by atoms with van der Waals surface area (Å²) in [5.74, 6) is 0.0173. The maximum absolute atomic E-state index is 11.5. The fourth-order valence-electron chi connectivity index (χ4n) is 1.13. The Morgan fingerprint density at radius 1 is 1.35 bits per heavy atom. The second-order valence-corrected chi connectivity index (χ2v) is 4.65. The van der Waals surface area contributed by atoms with Crippen molar-refractivity contribution in [2.45, 2.75) is 6.92 Å². The van der Waals surface area contributed by atoms with Gasteiger partial charge in [0.1, 0.15) is 0 Å². The third-order valence-corrected chi connectivity index (χ3v) is 2.48. The fourth-order valence-corrected chi connectivity index (χ4v) is 1.66. The monoisotopic (exact) mass is 276 g/mol. The van der Waals surface area contributed by atoms with E-state index in [1.54, 1.807) is 18.2 Å². The molecule has 94 valence electrons. The van der Waals surface area contributed by atoms with Crippen LogP contribution in [0.25, 0.3) is 0 Å². The van der Waals surface area contributed by atoms with Gasteiger partial charge in [-0.15, -0.1) is 0 Å². The first-order valence-electron chi connectivity index (χ1n) is 5.13. The Hall–Kier alpha value is -0.970. The first-order chi connectivity index (χ1) is 8.01. The van der Waals surface area contributed by atoms with Gasteiger partial charge in [-0.3, -0.25) is 0 Å². The van der Waals surface area contributed by atoms with Crippen molar-refractivity contribution < 1.29 is 9.90 Å². The van der Waals surface area contributed by atoms with Gasteiger partial charge in [-0.1, -0.05) is 30.1 Å². The van der Waals surface area contributed by atoms with E-state index in [2.05, 4.69) is 10.6 Å². The van der Waals surface area contributed by atoms with Gasteiger partial charge in [-0.05, 0) is 24.1 Å². The molecule has 1 aromatic rings. The van der Waals surface area contributed by atoms with Gasteiger partial charge in [-0.2, -0.15) is 0 Å². The molecule has 0 saturated carbocycles. The number of urea groups is 1. The predicted octanol–water partition coefficient (Wildman–Crippen LogP) is 2.74. The summed E-state index contributed by atoms with van der Waals surface area (Å²) in [6.45, 7) is 2.26. The predicted molar refractivity (Wildman–Crippen MR) is 69.7 cm³/mol. The zero-order valence-corrected chi connectivity index (χ0v) is 10.8. The molecule has 0 saturated heterocycles. The molecule has 0 heterocycles. The van der Waals surface area contributed by atoms with Gasteiger partial charge in [0.15, 0.2) is 0 Å². The number of hydrogen-bond donors (Lipinski definition) is 3. The molecule has 0 aliphatic heterocycles. The summed E-state index contributed by atoms with van der Waals surface area (Å²) in [6.07, 6.45) is 0. The first-order valence-corrected chi connectivity index (χ1v) is 5.88.